The zero-order valence-corrected chi connectivity index (χ0v) is 58.2. The van der Waals surface area contributed by atoms with Crippen LogP contribution in [0.25, 0.3) is 0 Å². The van der Waals surface area contributed by atoms with Crippen molar-refractivity contribution in [2.75, 3.05) is 55.4 Å². The first kappa shape index (κ1) is 77.9. The number of carbonyl (C=O) groups excluding carboxylic acids is 12. The van der Waals surface area contributed by atoms with Crippen LogP contribution in [0.3, 0.4) is 0 Å². The molecule has 0 radical (unpaired) electrons. The highest BCUT2D eigenvalue weighted by Crippen LogP contribution is 2.27. The van der Waals surface area contributed by atoms with Gasteiger partial charge in [0.2, 0.25) is 53.2 Å². The molecule has 2 heterocycles. The predicted octanol–water partition coefficient (Wildman–Crippen LogP) is 3.72. The van der Waals surface area contributed by atoms with Gasteiger partial charge in [-0.1, -0.05) is 108 Å². The van der Waals surface area contributed by atoms with Gasteiger partial charge in [-0.2, -0.15) is 0 Å². The van der Waals surface area contributed by atoms with E-state index in [4.69, 9.17) is 14.2 Å². The molecule has 0 unspecified atom stereocenters. The lowest BCUT2D eigenvalue weighted by Gasteiger charge is -2.41. The predicted molar refractivity (Wildman–Crippen MR) is 342 cm³/mol. The molecule has 0 aliphatic carbocycles. The number of piperidine rings is 1. The SMILES string of the molecule is CC[C@H](C)[C@H]1C(=O)NCC(=O)N(C)[C@@H](C(C)C)C(=O)N[C@@H](Cc2ccc(OC)cc2)C(=O)O[C@H](C)C(=O)N2CCCC[C@H]2C(=O)N(C)[C@@H](C(C)C)C(=O)N[C@@H](C(C)C)C(=O)N(C)[C@@H](CC(=O)N[C@H](C(=O)OC(C)(C)C)C(C)C)C(=O)N(C)[C@@H]([C@@H](C)CC)C(=O)N1C. The Hall–Kier alpha value is -7.34. The minimum Gasteiger partial charge on any atom is -0.497 e. The Morgan fingerprint density at radius 2 is 1.16 bits per heavy atom. The number of benzene rings is 1. The highest BCUT2D eigenvalue weighted by atomic mass is 16.6. The van der Waals surface area contributed by atoms with Crippen LogP contribution in [0.5, 0.6) is 5.75 Å². The second-order valence-electron chi connectivity index (χ2n) is 27.1. The number of nitrogens with zero attached hydrogens (tertiary/aromatic N) is 6. The van der Waals surface area contributed by atoms with Crippen molar-refractivity contribution >= 4 is 71.0 Å². The van der Waals surface area contributed by atoms with Crippen molar-refractivity contribution in [2.45, 2.75) is 222 Å². The maximum Gasteiger partial charge on any atom is 0.329 e. The van der Waals surface area contributed by atoms with Crippen LogP contribution in [0.2, 0.25) is 0 Å². The van der Waals surface area contributed by atoms with Crippen LogP contribution in [-0.4, -0.2) is 222 Å². The molecular weight excluding hydrogens is 1170 g/mol. The van der Waals surface area contributed by atoms with Crippen molar-refractivity contribution in [3.05, 3.63) is 29.8 Å². The maximum absolute atomic E-state index is 15.5. The largest absolute Gasteiger partial charge is 0.497 e. The molecule has 3 rings (SSSR count). The van der Waals surface area contributed by atoms with Gasteiger partial charge in [-0.3, -0.25) is 47.9 Å². The Kier molecular flexibility index (Phi) is 29.4. The van der Waals surface area contributed by atoms with Crippen LogP contribution in [0.4, 0.5) is 0 Å². The van der Waals surface area contributed by atoms with E-state index in [1.54, 1.807) is 121 Å². The summed E-state index contributed by atoms with van der Waals surface area (Å²) in [6, 6.07) is -5.15. The van der Waals surface area contributed by atoms with Gasteiger partial charge in [-0.05, 0) is 100 Å². The number of ether oxygens (including phenoxy) is 3. The van der Waals surface area contributed by atoms with Gasteiger partial charge in [-0.15, -0.1) is 0 Å². The minimum absolute atomic E-state index is 0.0934. The molecule has 91 heavy (non-hydrogen) atoms. The smallest absolute Gasteiger partial charge is 0.329 e. The molecule has 2 aliphatic rings. The van der Waals surface area contributed by atoms with Gasteiger partial charge in [0.1, 0.15) is 65.7 Å². The third-order valence-electron chi connectivity index (χ3n) is 17.5. The molecular formula is C66H108N10O15. The Morgan fingerprint density at radius 1 is 0.637 bits per heavy atom. The fraction of sp³-hybridized carbons (Fsp3) is 0.727. The number of carbonyl (C=O) groups is 12. The van der Waals surface area contributed by atoms with Crippen molar-refractivity contribution in [1.82, 2.24) is 50.7 Å². The lowest BCUT2D eigenvalue weighted by atomic mass is 9.92. The molecule has 1 aromatic rings. The van der Waals surface area contributed by atoms with Gasteiger partial charge >= 0.3 is 11.9 Å². The zero-order valence-electron chi connectivity index (χ0n) is 58.2. The van der Waals surface area contributed by atoms with Gasteiger partial charge in [0, 0.05) is 48.2 Å². The van der Waals surface area contributed by atoms with Crippen LogP contribution >= 0.6 is 0 Å². The molecule has 0 spiro atoms. The molecule has 512 valence electrons. The monoisotopic (exact) mass is 1280 g/mol. The third kappa shape index (κ3) is 20.6. The number of amides is 10. The van der Waals surface area contributed by atoms with E-state index in [2.05, 4.69) is 21.3 Å². The second-order valence-corrected chi connectivity index (χ2v) is 27.1. The second kappa shape index (κ2) is 34.4. The molecule has 2 aliphatic heterocycles. The molecule has 0 bridgehead atoms. The van der Waals surface area contributed by atoms with E-state index in [1.807, 2.05) is 6.92 Å². The van der Waals surface area contributed by atoms with Crippen LogP contribution < -0.4 is 26.0 Å². The third-order valence-corrected chi connectivity index (χ3v) is 17.5. The first-order valence-corrected chi connectivity index (χ1v) is 32.1. The lowest BCUT2D eigenvalue weighted by Crippen LogP contribution is -2.63. The lowest BCUT2D eigenvalue weighted by molar-refractivity contribution is -0.165. The molecule has 0 aromatic heterocycles. The van der Waals surface area contributed by atoms with Gasteiger partial charge < -0.3 is 64.9 Å². The highest BCUT2D eigenvalue weighted by Gasteiger charge is 2.46. The molecule has 1 aromatic carbocycles. The number of hydrogen-bond donors (Lipinski definition) is 4. The van der Waals surface area contributed by atoms with Crippen LogP contribution in [-0.2, 0) is 73.4 Å². The van der Waals surface area contributed by atoms with Crippen LogP contribution in [0, 0.1) is 35.5 Å². The summed E-state index contributed by atoms with van der Waals surface area (Å²) in [6.45, 7) is 26.4. The van der Waals surface area contributed by atoms with E-state index in [9.17, 15) is 43.2 Å². The minimum atomic E-state index is -1.69. The van der Waals surface area contributed by atoms with E-state index in [0.29, 0.717) is 37.0 Å². The van der Waals surface area contributed by atoms with Crippen LogP contribution in [0.1, 0.15) is 155 Å². The summed E-state index contributed by atoms with van der Waals surface area (Å²) in [4.78, 5) is 183. The fourth-order valence-electron chi connectivity index (χ4n) is 11.8. The summed E-state index contributed by atoms with van der Waals surface area (Å²) in [7, 11) is 8.35. The summed E-state index contributed by atoms with van der Waals surface area (Å²) >= 11 is 0. The summed E-state index contributed by atoms with van der Waals surface area (Å²) < 4.78 is 16.9. The first-order chi connectivity index (χ1) is 42.3. The number of fused-ring (bicyclic) bond motifs is 1. The van der Waals surface area contributed by atoms with E-state index in [1.165, 1.54) is 64.0 Å². The Balaban J connectivity index is 2.35. The number of esters is 2. The number of nitrogens with one attached hydrogen (secondary N) is 4. The molecule has 25 heteroatoms. The first-order valence-electron chi connectivity index (χ1n) is 32.1. The van der Waals surface area contributed by atoms with Gasteiger partial charge in [0.15, 0.2) is 6.10 Å². The van der Waals surface area contributed by atoms with E-state index in [0.717, 1.165) is 14.7 Å². The van der Waals surface area contributed by atoms with Crippen molar-refractivity contribution in [3.63, 3.8) is 0 Å². The van der Waals surface area contributed by atoms with Crippen molar-refractivity contribution in [3.8, 4) is 5.75 Å². The van der Waals surface area contributed by atoms with Gasteiger partial charge in [0.05, 0.1) is 20.1 Å². The molecule has 0 saturated carbocycles. The Bertz CT molecular complexity index is 2730. The van der Waals surface area contributed by atoms with E-state index < -0.39 is 186 Å². The number of cyclic esters (lactones) is 1. The van der Waals surface area contributed by atoms with Crippen molar-refractivity contribution in [1.29, 1.82) is 0 Å². The zero-order chi connectivity index (χ0) is 69.4. The Morgan fingerprint density at radius 3 is 1.68 bits per heavy atom. The number of rotatable bonds is 15. The molecule has 12 atom stereocenters. The van der Waals surface area contributed by atoms with E-state index >= 15 is 14.4 Å². The van der Waals surface area contributed by atoms with Crippen LogP contribution in [0.15, 0.2) is 24.3 Å². The van der Waals surface area contributed by atoms with Crippen molar-refractivity contribution in [2.24, 2.45) is 35.5 Å². The summed E-state index contributed by atoms with van der Waals surface area (Å²) in [5.41, 5.74) is -0.353. The summed E-state index contributed by atoms with van der Waals surface area (Å²) in [5, 5.41) is 11.0. The van der Waals surface area contributed by atoms with Crippen molar-refractivity contribution < 1.29 is 71.7 Å². The normalized spacial score (nSPS) is 25.5. The summed E-state index contributed by atoms with van der Waals surface area (Å²) in [6.07, 6.45) is -0.446. The average Bonchev–Trinajstić information content (AvgIpc) is 1.15. The Labute approximate surface area is 539 Å². The topological polar surface area (TPSA) is 300 Å². The summed E-state index contributed by atoms with van der Waals surface area (Å²) in [5.74, 6) is -12.2. The highest BCUT2D eigenvalue weighted by molar-refractivity contribution is 6.00. The molecule has 10 amide bonds. The number of methoxy groups -OCH3 is 1. The quantitative estimate of drug-likeness (QED) is 0.182. The standard InChI is InChI=1S/C66H108N10O15/c1-23-40(11)54-56(79)67-35-49(78)72(18)52(38(7)8)57(80)68-45(33-43-28-30-44(89-22)31-29-43)64(87)90-42(13)59(82)76-32-26-25-27-46(76)60(83)73(19)53(39(9)10)58(81)70-50(36(3)4)62(85)71(17)47(61(84)75(21)55(41(12)24-2)63(86)74(54)20)34-48(77)69-51(37(5)6)65(88)91-66(14,15)16/h28-31,36-42,45-47,50-55H,23-27,32-35H2,1-22H3,(H,67,79)(H,68,80)(H,69,77)(H,70,81)/t40-,41-,42+,45-,46-,47-,50-,51-,52-,53-,54-,55-/m0/s1. The average molecular weight is 1280 g/mol. The van der Waals surface area contributed by atoms with Gasteiger partial charge in [-0.25, -0.2) is 9.59 Å². The molecule has 25 nitrogen and oxygen atoms in total. The number of likely N-dealkylation sites (N-methyl/N-ethyl adjacent to an activating group) is 5. The molecule has 2 saturated heterocycles. The maximum atomic E-state index is 15.5. The number of hydrogen-bond acceptors (Lipinski definition) is 15. The van der Waals surface area contributed by atoms with Gasteiger partial charge in [0.25, 0.3) is 5.91 Å². The molecule has 2 fully saturated rings. The van der Waals surface area contributed by atoms with E-state index in [-0.39, 0.29) is 19.4 Å². The molecule has 4 N–H and O–H groups in total. The fourth-order valence-corrected chi connectivity index (χ4v) is 11.8.